The van der Waals surface area contributed by atoms with Crippen molar-refractivity contribution < 1.29 is 23.1 Å². The van der Waals surface area contributed by atoms with Crippen LogP contribution < -0.4 is 0 Å². The summed E-state index contributed by atoms with van der Waals surface area (Å²) in [5.74, 6) is -0.238. The minimum absolute atomic E-state index is 0.388. The number of thiazole rings is 1. The standard InChI is InChI=1S/C22H27F3N2O2S/c1-15-3-5-17(6-4-15)7-8-18-9-11-27(12-10-18)19(28)13-21(29,22(23,24)25)20-26-16(2)14-30-20/h3-6,14,18,29H,7-13H2,1-2H3. The number of halogens is 3. The Morgan fingerprint density at radius 3 is 2.37 bits per heavy atom. The predicted molar refractivity (Wildman–Crippen MR) is 110 cm³/mol. The first-order valence-electron chi connectivity index (χ1n) is 10.1. The van der Waals surface area contributed by atoms with E-state index in [1.165, 1.54) is 21.4 Å². The number of carbonyl (C=O) groups excluding carboxylic acids is 1. The molecule has 30 heavy (non-hydrogen) atoms. The first kappa shape index (κ1) is 22.7. The van der Waals surface area contributed by atoms with Gasteiger partial charge in [-0.05, 0) is 51.0 Å². The quantitative estimate of drug-likeness (QED) is 0.704. The molecule has 4 nitrogen and oxygen atoms in total. The lowest BCUT2D eigenvalue weighted by molar-refractivity contribution is -0.268. The van der Waals surface area contributed by atoms with Crippen LogP contribution in [0.15, 0.2) is 29.6 Å². The summed E-state index contributed by atoms with van der Waals surface area (Å²) >= 11 is 0.726. The largest absolute Gasteiger partial charge is 0.424 e. The van der Waals surface area contributed by atoms with Crippen molar-refractivity contribution in [2.24, 2.45) is 5.92 Å². The van der Waals surface area contributed by atoms with Crippen LogP contribution in [0.5, 0.6) is 0 Å². The van der Waals surface area contributed by atoms with E-state index >= 15 is 0 Å². The Bertz CT molecular complexity index is 858. The second-order valence-electron chi connectivity index (χ2n) is 8.18. The molecule has 1 aromatic heterocycles. The Morgan fingerprint density at radius 1 is 1.20 bits per heavy atom. The summed E-state index contributed by atoms with van der Waals surface area (Å²) in [7, 11) is 0. The van der Waals surface area contributed by atoms with Gasteiger partial charge < -0.3 is 10.0 Å². The van der Waals surface area contributed by atoms with E-state index in [0.717, 1.165) is 37.0 Å². The number of hydrogen-bond acceptors (Lipinski definition) is 4. The van der Waals surface area contributed by atoms with E-state index < -0.39 is 29.1 Å². The zero-order valence-electron chi connectivity index (χ0n) is 17.2. The molecule has 1 unspecified atom stereocenters. The van der Waals surface area contributed by atoms with E-state index in [1.54, 1.807) is 6.92 Å². The molecule has 8 heteroatoms. The van der Waals surface area contributed by atoms with Crippen LogP contribution in [0.4, 0.5) is 13.2 Å². The molecule has 2 heterocycles. The number of aryl methyl sites for hydroxylation is 3. The fourth-order valence-electron chi connectivity index (χ4n) is 3.77. The zero-order valence-corrected chi connectivity index (χ0v) is 18.0. The van der Waals surface area contributed by atoms with Crippen molar-refractivity contribution in [1.82, 2.24) is 9.88 Å². The number of rotatable bonds is 6. The maximum Gasteiger partial charge on any atom is 0.424 e. The van der Waals surface area contributed by atoms with E-state index in [0.29, 0.717) is 24.7 Å². The van der Waals surface area contributed by atoms with Gasteiger partial charge >= 0.3 is 6.18 Å². The third-order valence-electron chi connectivity index (χ3n) is 5.78. The third-order valence-corrected chi connectivity index (χ3v) is 6.89. The van der Waals surface area contributed by atoms with Crippen LogP contribution in [-0.2, 0) is 16.8 Å². The van der Waals surface area contributed by atoms with Gasteiger partial charge in [0.05, 0.1) is 6.42 Å². The minimum atomic E-state index is -4.97. The lowest BCUT2D eigenvalue weighted by Gasteiger charge is -2.35. The van der Waals surface area contributed by atoms with Gasteiger partial charge in [0.25, 0.3) is 0 Å². The number of alkyl halides is 3. The highest BCUT2D eigenvalue weighted by Crippen LogP contribution is 2.43. The number of nitrogens with zero attached hydrogens (tertiary/aromatic N) is 2. The summed E-state index contributed by atoms with van der Waals surface area (Å²) in [5.41, 5.74) is -0.365. The molecule has 1 aromatic carbocycles. The van der Waals surface area contributed by atoms with Gasteiger partial charge in [0.1, 0.15) is 5.01 Å². The van der Waals surface area contributed by atoms with Gasteiger partial charge in [0, 0.05) is 24.2 Å². The first-order valence-corrected chi connectivity index (χ1v) is 11.0. The molecule has 164 valence electrons. The highest BCUT2D eigenvalue weighted by Gasteiger charge is 2.58. The summed E-state index contributed by atoms with van der Waals surface area (Å²) in [4.78, 5) is 17.8. The average molecular weight is 441 g/mol. The van der Waals surface area contributed by atoms with Crippen LogP contribution in [0.2, 0.25) is 0 Å². The molecule has 2 aromatic rings. The van der Waals surface area contributed by atoms with Crippen LogP contribution in [0.1, 0.15) is 47.5 Å². The molecule has 0 aliphatic carbocycles. The van der Waals surface area contributed by atoms with Gasteiger partial charge in [-0.2, -0.15) is 13.2 Å². The molecule has 1 atom stereocenters. The normalized spacial score (nSPS) is 17.7. The summed E-state index contributed by atoms with van der Waals surface area (Å²) in [6.07, 6.45) is -2.53. The van der Waals surface area contributed by atoms with Crippen molar-refractivity contribution in [2.45, 2.75) is 57.7 Å². The number of benzene rings is 1. The van der Waals surface area contributed by atoms with Gasteiger partial charge in [-0.1, -0.05) is 29.8 Å². The molecule has 0 radical (unpaired) electrons. The third kappa shape index (κ3) is 5.21. The molecule has 1 N–H and O–H groups in total. The Balaban J connectivity index is 1.55. The lowest BCUT2D eigenvalue weighted by Crippen LogP contribution is -2.48. The summed E-state index contributed by atoms with van der Waals surface area (Å²) in [6, 6.07) is 8.41. The van der Waals surface area contributed by atoms with Crippen LogP contribution in [-0.4, -0.2) is 40.2 Å². The van der Waals surface area contributed by atoms with Crippen molar-refractivity contribution in [1.29, 1.82) is 0 Å². The Hall–Kier alpha value is -1.93. The van der Waals surface area contributed by atoms with Crippen LogP contribution >= 0.6 is 11.3 Å². The monoisotopic (exact) mass is 440 g/mol. The molecule has 0 saturated carbocycles. The van der Waals surface area contributed by atoms with Gasteiger partial charge in [0.2, 0.25) is 11.5 Å². The van der Waals surface area contributed by atoms with E-state index in [1.807, 2.05) is 6.92 Å². The number of hydrogen-bond donors (Lipinski definition) is 1. The van der Waals surface area contributed by atoms with E-state index in [2.05, 4.69) is 29.2 Å². The van der Waals surface area contributed by atoms with Gasteiger partial charge in [-0.3, -0.25) is 4.79 Å². The molecular formula is C22H27F3N2O2S. The second kappa shape index (κ2) is 9.06. The van der Waals surface area contributed by atoms with E-state index in [9.17, 15) is 23.1 Å². The molecule has 1 aliphatic heterocycles. The Labute approximate surface area is 178 Å². The highest BCUT2D eigenvalue weighted by molar-refractivity contribution is 7.09. The van der Waals surface area contributed by atoms with Crippen molar-refractivity contribution in [3.63, 3.8) is 0 Å². The summed E-state index contributed by atoms with van der Waals surface area (Å²) < 4.78 is 40.9. The van der Waals surface area contributed by atoms with E-state index in [4.69, 9.17) is 0 Å². The number of amides is 1. The first-order chi connectivity index (χ1) is 14.1. The smallest absolute Gasteiger partial charge is 0.374 e. The lowest BCUT2D eigenvalue weighted by atomic mass is 9.89. The fraction of sp³-hybridized carbons (Fsp3) is 0.545. The Kier molecular flexibility index (Phi) is 6.87. The highest BCUT2D eigenvalue weighted by atomic mass is 32.1. The molecule has 1 amide bonds. The van der Waals surface area contributed by atoms with E-state index in [-0.39, 0.29) is 0 Å². The summed E-state index contributed by atoms with van der Waals surface area (Å²) in [6.45, 7) is 4.44. The Morgan fingerprint density at radius 2 is 1.83 bits per heavy atom. The van der Waals surface area contributed by atoms with Crippen LogP contribution in [0.3, 0.4) is 0 Å². The molecule has 1 fully saturated rings. The van der Waals surface area contributed by atoms with Gasteiger partial charge in [-0.25, -0.2) is 4.98 Å². The van der Waals surface area contributed by atoms with Crippen molar-refractivity contribution in [2.75, 3.05) is 13.1 Å². The van der Waals surface area contributed by atoms with Gasteiger partial charge in [0.15, 0.2) is 0 Å². The number of aromatic nitrogens is 1. The molecule has 3 rings (SSSR count). The van der Waals surface area contributed by atoms with Crippen LogP contribution in [0, 0.1) is 19.8 Å². The molecule has 0 bridgehead atoms. The fourth-order valence-corrected chi connectivity index (χ4v) is 4.68. The maximum atomic E-state index is 13.6. The summed E-state index contributed by atoms with van der Waals surface area (Å²) in [5, 5.41) is 11.4. The number of likely N-dealkylation sites (tertiary alicyclic amines) is 1. The zero-order chi connectivity index (χ0) is 21.9. The molecule has 1 aliphatic rings. The van der Waals surface area contributed by atoms with Crippen molar-refractivity contribution >= 4 is 17.2 Å². The topological polar surface area (TPSA) is 53.4 Å². The predicted octanol–water partition coefficient (Wildman–Crippen LogP) is 4.77. The van der Waals surface area contributed by atoms with Crippen LogP contribution in [0.25, 0.3) is 0 Å². The molecular weight excluding hydrogens is 413 g/mol. The number of piperidine rings is 1. The van der Waals surface area contributed by atoms with Crippen molar-refractivity contribution in [3.8, 4) is 0 Å². The molecule has 1 saturated heterocycles. The van der Waals surface area contributed by atoms with Gasteiger partial charge in [-0.15, -0.1) is 11.3 Å². The van der Waals surface area contributed by atoms with Crippen molar-refractivity contribution in [3.05, 3.63) is 51.5 Å². The minimum Gasteiger partial charge on any atom is -0.374 e. The average Bonchev–Trinajstić information content (AvgIpc) is 3.14. The SMILES string of the molecule is Cc1ccc(CCC2CCN(C(=O)CC(O)(c3nc(C)cs3)C(F)(F)F)CC2)cc1. The maximum absolute atomic E-state index is 13.6. The second-order valence-corrected chi connectivity index (χ2v) is 9.04. The number of aliphatic hydroxyl groups is 1. The number of carbonyl (C=O) groups is 1. The molecule has 0 spiro atoms.